The molecule has 0 spiro atoms. The van der Waals surface area contributed by atoms with Crippen LogP contribution in [0.2, 0.25) is 0 Å². The van der Waals surface area contributed by atoms with Gasteiger partial charge in [0.2, 0.25) is 0 Å². The number of urea groups is 1. The predicted octanol–water partition coefficient (Wildman–Crippen LogP) is 3.95. The first-order valence-corrected chi connectivity index (χ1v) is 13.7. The van der Waals surface area contributed by atoms with Crippen molar-refractivity contribution in [1.29, 1.82) is 0 Å². The van der Waals surface area contributed by atoms with Crippen LogP contribution in [0, 0.1) is 11.8 Å². The number of halogens is 2. The lowest BCUT2D eigenvalue weighted by Gasteiger charge is -2.25. The summed E-state index contributed by atoms with van der Waals surface area (Å²) < 4.78 is 1.93. The molecule has 0 aromatic heterocycles. The number of imide groups is 1. The number of carbonyl (C=O) groups is 4. The van der Waals surface area contributed by atoms with E-state index in [-0.39, 0.29) is 23.8 Å². The van der Waals surface area contributed by atoms with Crippen LogP contribution in [0.3, 0.4) is 0 Å². The SMILES string of the molecule is O=C1NC(=O)C(C(c2cccc(Br)c2)C2CC2)N1.O=C[B]NC(C(=O)O)C(c1cccc(Br)c1)C1CC1. The fourth-order valence-corrected chi connectivity index (χ4v) is 5.80. The average Bonchev–Trinajstić information content (AvgIpc) is 3.77. The molecule has 1 radical (unpaired) electrons. The first kappa shape index (κ1) is 27.5. The molecule has 2 aromatic carbocycles. The Balaban J connectivity index is 0.000000173. The van der Waals surface area contributed by atoms with Crippen molar-refractivity contribution in [2.45, 2.75) is 49.6 Å². The van der Waals surface area contributed by atoms with E-state index in [9.17, 15) is 24.3 Å². The summed E-state index contributed by atoms with van der Waals surface area (Å²) in [6.45, 7) is 0. The van der Waals surface area contributed by atoms with Gasteiger partial charge in [0.1, 0.15) is 12.1 Å². The van der Waals surface area contributed by atoms with Crippen molar-refractivity contribution in [3.05, 3.63) is 68.6 Å². The van der Waals surface area contributed by atoms with Gasteiger partial charge in [-0.1, -0.05) is 56.1 Å². The van der Waals surface area contributed by atoms with Crippen LogP contribution >= 0.6 is 31.9 Å². The molecular formula is C26H27BBr2N3O5. The number of carboxylic acids is 1. The lowest BCUT2D eigenvalue weighted by molar-refractivity contribution is -0.139. The molecule has 1 saturated heterocycles. The van der Waals surface area contributed by atoms with Crippen molar-refractivity contribution in [2.75, 3.05) is 0 Å². The fraction of sp³-hybridized carbons (Fsp3) is 0.385. The first-order chi connectivity index (χ1) is 17.8. The Bertz CT molecular complexity index is 1170. The maximum absolute atomic E-state index is 11.8. The fourth-order valence-electron chi connectivity index (χ4n) is 4.97. The number of hydrogen-bond acceptors (Lipinski definition) is 5. The molecule has 4 unspecified atom stereocenters. The number of rotatable bonds is 10. The number of aliphatic carboxylic acids is 1. The molecule has 8 nitrogen and oxygen atoms in total. The van der Waals surface area contributed by atoms with Crippen molar-refractivity contribution >= 4 is 63.4 Å². The van der Waals surface area contributed by atoms with Crippen molar-refractivity contribution < 1.29 is 24.3 Å². The summed E-state index contributed by atoms with van der Waals surface area (Å²) in [4.78, 5) is 44.9. The zero-order chi connectivity index (χ0) is 26.5. The molecule has 1 heterocycles. The molecular weight excluding hydrogens is 605 g/mol. The number of hydrogen-bond donors (Lipinski definition) is 4. The average molecular weight is 632 g/mol. The van der Waals surface area contributed by atoms with E-state index < -0.39 is 18.1 Å². The Labute approximate surface area is 232 Å². The van der Waals surface area contributed by atoms with Crippen LogP contribution in [0.4, 0.5) is 4.79 Å². The van der Waals surface area contributed by atoms with Gasteiger partial charge in [0.25, 0.3) is 13.3 Å². The van der Waals surface area contributed by atoms with E-state index in [1.807, 2.05) is 48.5 Å². The van der Waals surface area contributed by atoms with Gasteiger partial charge in [-0.2, -0.15) is 0 Å². The van der Waals surface area contributed by atoms with Gasteiger partial charge in [-0.3, -0.25) is 14.9 Å². The van der Waals surface area contributed by atoms with E-state index in [0.717, 1.165) is 53.2 Å². The van der Waals surface area contributed by atoms with E-state index in [0.29, 0.717) is 18.0 Å². The molecule has 11 heteroatoms. The van der Waals surface area contributed by atoms with Gasteiger partial charge in [0.15, 0.2) is 0 Å². The summed E-state index contributed by atoms with van der Waals surface area (Å²) in [6.07, 6.45) is 4.88. The Morgan fingerprint density at radius 1 is 1.00 bits per heavy atom. The summed E-state index contributed by atoms with van der Waals surface area (Å²) >= 11 is 6.85. The van der Waals surface area contributed by atoms with Crippen LogP contribution in [-0.4, -0.2) is 48.7 Å². The normalized spacial score (nSPS) is 21.0. The zero-order valence-electron chi connectivity index (χ0n) is 19.9. The molecule has 2 aliphatic carbocycles. The van der Waals surface area contributed by atoms with Gasteiger partial charge in [0, 0.05) is 20.8 Å². The smallest absolute Gasteiger partial charge is 0.322 e. The van der Waals surface area contributed by atoms with E-state index in [1.54, 1.807) is 0 Å². The maximum atomic E-state index is 11.8. The Morgan fingerprint density at radius 2 is 1.59 bits per heavy atom. The monoisotopic (exact) mass is 630 g/mol. The highest BCUT2D eigenvalue weighted by Crippen LogP contribution is 2.46. The van der Waals surface area contributed by atoms with Crippen molar-refractivity contribution in [3.8, 4) is 0 Å². The molecule has 3 amide bonds. The number of benzene rings is 2. The third-order valence-corrected chi connectivity index (χ3v) is 7.85. The largest absolute Gasteiger partial charge is 0.480 e. The third-order valence-electron chi connectivity index (χ3n) is 6.86. The summed E-state index contributed by atoms with van der Waals surface area (Å²) in [5.41, 5.74) is 2.09. The van der Waals surface area contributed by atoms with Crippen molar-refractivity contribution in [1.82, 2.24) is 15.9 Å². The Hall–Kier alpha value is -2.50. The molecule has 3 aliphatic rings. The molecule has 2 aromatic rings. The van der Waals surface area contributed by atoms with E-state index in [2.05, 4.69) is 47.7 Å². The Kier molecular flexibility index (Phi) is 9.20. The molecule has 3 fully saturated rings. The molecule has 37 heavy (non-hydrogen) atoms. The second-order valence-corrected chi connectivity index (χ2v) is 11.4. The molecule has 5 rings (SSSR count). The minimum absolute atomic E-state index is 0.0777. The van der Waals surface area contributed by atoms with Crippen LogP contribution in [0.15, 0.2) is 57.5 Å². The third kappa shape index (κ3) is 7.30. The van der Waals surface area contributed by atoms with E-state index >= 15 is 0 Å². The van der Waals surface area contributed by atoms with Gasteiger partial charge < -0.3 is 20.4 Å². The summed E-state index contributed by atoms with van der Waals surface area (Å²) in [5, 5.41) is 17.1. The van der Waals surface area contributed by atoms with Crippen LogP contribution in [0.1, 0.15) is 48.6 Å². The van der Waals surface area contributed by atoms with Gasteiger partial charge in [-0.05, 0) is 72.9 Å². The van der Waals surface area contributed by atoms with Gasteiger partial charge in [-0.25, -0.2) is 4.79 Å². The summed E-state index contributed by atoms with van der Waals surface area (Å²) in [7, 11) is 1.16. The van der Waals surface area contributed by atoms with Gasteiger partial charge in [0.05, 0.1) is 6.19 Å². The summed E-state index contributed by atoms with van der Waals surface area (Å²) in [6, 6.07) is 14.1. The predicted molar refractivity (Wildman–Crippen MR) is 147 cm³/mol. The number of carboxylic acid groups (broad SMARTS) is 1. The highest BCUT2D eigenvalue weighted by atomic mass is 79.9. The Morgan fingerprint density at radius 3 is 2.08 bits per heavy atom. The minimum Gasteiger partial charge on any atom is -0.480 e. The van der Waals surface area contributed by atoms with Gasteiger partial charge in [-0.15, -0.1) is 0 Å². The number of nitrogens with one attached hydrogen (secondary N) is 3. The second-order valence-electron chi connectivity index (χ2n) is 9.56. The number of amides is 3. The molecule has 0 bridgehead atoms. The lowest BCUT2D eigenvalue weighted by Crippen LogP contribution is -2.44. The summed E-state index contributed by atoms with van der Waals surface area (Å²) in [5.74, 6) is -0.330. The van der Waals surface area contributed by atoms with Crippen molar-refractivity contribution in [2.24, 2.45) is 11.8 Å². The first-order valence-electron chi connectivity index (χ1n) is 12.2. The van der Waals surface area contributed by atoms with Gasteiger partial charge >= 0.3 is 12.0 Å². The highest BCUT2D eigenvalue weighted by Gasteiger charge is 2.44. The standard InChI is InChI=1S/C13H14BBrNO3.C13H13BrN2O2/c15-10-3-1-2-9(6-10)11(8-4-5-8)12(13(18)19)16-14-7-17;14-9-3-1-2-8(6-9)10(7-4-5-7)11-12(17)16-13(18)15-11/h1-3,6-8,11-12,16H,4-5H2,(H,18,19);1-3,6-7,10-11H,4-5H2,(H2,15,16,17,18). The molecule has 4 atom stereocenters. The number of carbonyl (C=O) groups excluding carboxylic acids is 3. The van der Waals surface area contributed by atoms with Crippen molar-refractivity contribution in [3.63, 3.8) is 0 Å². The van der Waals surface area contributed by atoms with E-state index in [4.69, 9.17) is 0 Å². The molecule has 193 valence electrons. The van der Waals surface area contributed by atoms with E-state index in [1.165, 1.54) is 0 Å². The minimum atomic E-state index is -0.935. The second kappa shape index (κ2) is 12.4. The highest BCUT2D eigenvalue weighted by molar-refractivity contribution is 9.10. The molecule has 4 N–H and O–H groups in total. The maximum Gasteiger partial charge on any atom is 0.322 e. The molecule has 2 saturated carbocycles. The topological polar surface area (TPSA) is 125 Å². The van der Waals surface area contributed by atoms with Crippen LogP contribution in [-0.2, 0) is 14.4 Å². The lowest BCUT2D eigenvalue weighted by atomic mass is 9.83. The van der Waals surface area contributed by atoms with Crippen LogP contribution < -0.4 is 15.9 Å². The quantitative estimate of drug-likeness (QED) is 0.179. The van der Waals surface area contributed by atoms with Crippen LogP contribution in [0.25, 0.3) is 0 Å². The van der Waals surface area contributed by atoms with Crippen LogP contribution in [0.5, 0.6) is 0 Å². The molecule has 1 aliphatic heterocycles. The zero-order valence-corrected chi connectivity index (χ0v) is 23.1.